The van der Waals surface area contributed by atoms with E-state index in [1.807, 2.05) is 12.2 Å². The van der Waals surface area contributed by atoms with Gasteiger partial charge in [0.1, 0.15) is 12.6 Å². The van der Waals surface area contributed by atoms with E-state index in [1.165, 1.54) is 83.5 Å². The van der Waals surface area contributed by atoms with E-state index in [1.54, 1.807) is 21.1 Å². The number of rotatable bonds is 42. The van der Waals surface area contributed by atoms with Crippen molar-refractivity contribution >= 4 is 17.9 Å². The first-order valence-corrected chi connectivity index (χ1v) is 23.8. The highest BCUT2D eigenvalue weighted by Gasteiger charge is 2.25. The highest BCUT2D eigenvalue weighted by atomic mass is 16.6. The number of ether oxygens (including phenoxy) is 3. The third-order valence-corrected chi connectivity index (χ3v) is 10.4. The Balaban J connectivity index is 4.27. The second-order valence-electron chi connectivity index (χ2n) is 17.0. The lowest BCUT2D eigenvalue weighted by Gasteiger charge is -2.34. The van der Waals surface area contributed by atoms with E-state index >= 15 is 0 Å². The highest BCUT2D eigenvalue weighted by molar-refractivity contribution is 5.70. The fourth-order valence-corrected chi connectivity index (χ4v) is 6.75. The number of hydrogen-bond donors (Lipinski definition) is 0. The molecule has 0 bridgehead atoms. The number of esters is 2. The van der Waals surface area contributed by atoms with E-state index in [9.17, 15) is 19.5 Å². The Morgan fingerprint density at radius 1 is 0.542 bits per heavy atom. The van der Waals surface area contributed by atoms with Gasteiger partial charge in [-0.25, -0.2) is 0 Å². The normalized spacial score (nSPS) is 13.4. The molecular formula is C51H89NO7. The van der Waals surface area contributed by atoms with E-state index in [0.29, 0.717) is 12.8 Å². The molecule has 0 N–H and O–H groups in total. The number of unbranched alkanes of at least 4 members (excludes halogenated alkanes) is 20. The van der Waals surface area contributed by atoms with Crippen LogP contribution in [0.2, 0.25) is 0 Å². The minimum Gasteiger partial charge on any atom is -0.544 e. The molecule has 0 radical (unpaired) electrons. The van der Waals surface area contributed by atoms with Crippen molar-refractivity contribution in [1.82, 2.24) is 0 Å². The second-order valence-corrected chi connectivity index (χ2v) is 17.0. The number of aliphatic carboxylic acids is 1. The van der Waals surface area contributed by atoms with Gasteiger partial charge in [0.05, 0.1) is 40.3 Å². The number of hydrogen-bond acceptors (Lipinski definition) is 7. The van der Waals surface area contributed by atoms with Crippen LogP contribution in [0.15, 0.2) is 60.8 Å². The number of carboxylic acid groups (broad SMARTS) is 1. The van der Waals surface area contributed by atoms with Crippen LogP contribution in [0.25, 0.3) is 0 Å². The molecule has 0 aliphatic rings. The molecule has 0 aromatic heterocycles. The SMILES string of the molecule is CC/C=C/C=C/C=C/CCCCCCCC(=O)OC(COCCC(C(=O)[O-])[N+](C)(C)C)COC(=O)CCCCCCCCC/C=C/C/C=C/CCCCCCCCCC. The molecule has 0 heterocycles. The summed E-state index contributed by atoms with van der Waals surface area (Å²) in [5.74, 6) is -1.77. The topological polar surface area (TPSA) is 102 Å². The summed E-state index contributed by atoms with van der Waals surface area (Å²) in [4.78, 5) is 36.9. The molecule has 0 saturated heterocycles. The van der Waals surface area contributed by atoms with Crippen molar-refractivity contribution < 1.29 is 38.2 Å². The number of likely N-dealkylation sites (N-methyl/N-ethyl adjacent to an activating group) is 1. The van der Waals surface area contributed by atoms with Gasteiger partial charge in [0.2, 0.25) is 0 Å². The van der Waals surface area contributed by atoms with Crippen LogP contribution in [0.1, 0.15) is 194 Å². The van der Waals surface area contributed by atoms with Gasteiger partial charge in [-0.1, -0.05) is 171 Å². The molecule has 0 aliphatic heterocycles. The van der Waals surface area contributed by atoms with Crippen LogP contribution in [-0.2, 0) is 28.6 Å². The molecule has 59 heavy (non-hydrogen) atoms. The second kappa shape index (κ2) is 41.8. The Kier molecular flexibility index (Phi) is 39.6. The van der Waals surface area contributed by atoms with Gasteiger partial charge in [0.25, 0.3) is 0 Å². The van der Waals surface area contributed by atoms with Crippen LogP contribution in [0, 0.1) is 0 Å². The van der Waals surface area contributed by atoms with Gasteiger partial charge in [0, 0.05) is 19.3 Å². The summed E-state index contributed by atoms with van der Waals surface area (Å²) in [6, 6.07) is -0.733. The average Bonchev–Trinajstić information content (AvgIpc) is 3.19. The van der Waals surface area contributed by atoms with Gasteiger partial charge >= 0.3 is 11.9 Å². The fourth-order valence-electron chi connectivity index (χ4n) is 6.75. The Hall–Kier alpha value is -2.97. The predicted molar refractivity (Wildman–Crippen MR) is 245 cm³/mol. The quantitative estimate of drug-likeness (QED) is 0.0198. The molecule has 0 aromatic carbocycles. The van der Waals surface area contributed by atoms with Crippen molar-refractivity contribution in [1.29, 1.82) is 0 Å². The maximum atomic E-state index is 12.7. The fraction of sp³-hybridized carbons (Fsp3) is 0.745. The minimum absolute atomic E-state index is 0.0275. The minimum atomic E-state index is -1.13. The molecule has 0 aromatic rings. The highest BCUT2D eigenvalue weighted by Crippen LogP contribution is 2.14. The number of carbonyl (C=O) groups is 3. The first kappa shape index (κ1) is 56.0. The zero-order chi connectivity index (χ0) is 43.5. The molecule has 340 valence electrons. The first-order chi connectivity index (χ1) is 28.6. The van der Waals surface area contributed by atoms with Crippen LogP contribution in [0.5, 0.6) is 0 Å². The van der Waals surface area contributed by atoms with Crippen LogP contribution in [-0.4, -0.2) is 75.5 Å². The maximum absolute atomic E-state index is 12.7. The Bertz CT molecular complexity index is 1150. The summed E-state index contributed by atoms with van der Waals surface area (Å²) in [5.41, 5.74) is 0. The van der Waals surface area contributed by atoms with Crippen LogP contribution in [0.3, 0.4) is 0 Å². The molecule has 0 aliphatic carbocycles. The molecule has 0 saturated carbocycles. The lowest BCUT2D eigenvalue weighted by atomic mass is 10.1. The van der Waals surface area contributed by atoms with Crippen LogP contribution < -0.4 is 5.11 Å². The lowest BCUT2D eigenvalue weighted by molar-refractivity contribution is -0.889. The van der Waals surface area contributed by atoms with Crippen LogP contribution in [0.4, 0.5) is 0 Å². The molecule has 0 rings (SSSR count). The van der Waals surface area contributed by atoms with Crippen LogP contribution >= 0.6 is 0 Å². The predicted octanol–water partition coefficient (Wildman–Crippen LogP) is 12.0. The zero-order valence-corrected chi connectivity index (χ0v) is 38.7. The van der Waals surface area contributed by atoms with Gasteiger partial charge in [-0.05, 0) is 64.2 Å². The Labute approximate surface area is 362 Å². The van der Waals surface area contributed by atoms with Crippen molar-refractivity contribution in [2.45, 2.75) is 206 Å². The molecule has 0 amide bonds. The maximum Gasteiger partial charge on any atom is 0.306 e. The van der Waals surface area contributed by atoms with Gasteiger partial charge in [-0.15, -0.1) is 0 Å². The monoisotopic (exact) mass is 828 g/mol. The third kappa shape index (κ3) is 40.2. The van der Waals surface area contributed by atoms with E-state index in [4.69, 9.17) is 14.2 Å². The van der Waals surface area contributed by atoms with Gasteiger partial charge < -0.3 is 28.6 Å². The number of carboxylic acids is 1. The summed E-state index contributed by atoms with van der Waals surface area (Å²) < 4.78 is 17.2. The summed E-state index contributed by atoms with van der Waals surface area (Å²) in [6.07, 6.45) is 51.1. The third-order valence-electron chi connectivity index (χ3n) is 10.4. The average molecular weight is 828 g/mol. The van der Waals surface area contributed by atoms with Gasteiger partial charge in [-0.2, -0.15) is 0 Å². The van der Waals surface area contributed by atoms with E-state index in [2.05, 4.69) is 62.5 Å². The molecule has 8 nitrogen and oxygen atoms in total. The summed E-state index contributed by atoms with van der Waals surface area (Å²) in [6.45, 7) is 4.50. The standard InChI is InChI=1S/C51H89NO7/c1-6-8-10-12-14-16-18-20-21-22-23-24-25-26-27-28-30-31-33-35-37-39-41-49(53)58-46-47(45-57-44-43-48(51(55)56)52(3,4)5)59-50(54)42-40-38-36-34-32-29-19-17-15-13-11-9-7-2/h9,11,13,15,17,19,22-23,25-26,47-48H,6-8,10,12,14,16,18,20-21,24,27-46H2,1-5H3/b11-9+,15-13+,19-17+,23-22+,26-25+. The summed E-state index contributed by atoms with van der Waals surface area (Å²) >= 11 is 0. The molecule has 0 spiro atoms. The molecule has 8 heteroatoms. The zero-order valence-electron chi connectivity index (χ0n) is 38.7. The molecule has 2 unspecified atom stereocenters. The van der Waals surface area contributed by atoms with Crippen molar-refractivity contribution in [2.75, 3.05) is 41.0 Å². The van der Waals surface area contributed by atoms with Gasteiger partial charge in [-0.3, -0.25) is 9.59 Å². The van der Waals surface area contributed by atoms with Gasteiger partial charge in [0.15, 0.2) is 6.10 Å². The number of allylic oxidation sites excluding steroid dienone is 10. The van der Waals surface area contributed by atoms with Crippen molar-refractivity contribution in [3.63, 3.8) is 0 Å². The molecule has 2 atom stereocenters. The number of quaternary nitrogens is 1. The number of carbonyl (C=O) groups excluding carboxylic acids is 3. The lowest BCUT2D eigenvalue weighted by Crippen LogP contribution is -2.55. The summed E-state index contributed by atoms with van der Waals surface area (Å²) in [5, 5.41) is 11.6. The Morgan fingerprint density at radius 3 is 1.53 bits per heavy atom. The smallest absolute Gasteiger partial charge is 0.306 e. The van der Waals surface area contributed by atoms with E-state index < -0.39 is 18.1 Å². The number of nitrogens with zero attached hydrogens (tertiary/aromatic N) is 1. The van der Waals surface area contributed by atoms with E-state index in [0.717, 1.165) is 77.0 Å². The van der Waals surface area contributed by atoms with Crippen molar-refractivity contribution in [3.05, 3.63) is 60.8 Å². The van der Waals surface area contributed by atoms with E-state index in [-0.39, 0.29) is 42.7 Å². The molecular weight excluding hydrogens is 739 g/mol. The first-order valence-electron chi connectivity index (χ1n) is 23.8. The van der Waals surface area contributed by atoms with Crippen molar-refractivity contribution in [3.8, 4) is 0 Å². The molecule has 0 fully saturated rings. The summed E-state index contributed by atoms with van der Waals surface area (Å²) in [7, 11) is 5.39. The van der Waals surface area contributed by atoms with Crippen molar-refractivity contribution in [2.24, 2.45) is 0 Å². The Morgan fingerprint density at radius 2 is 1.02 bits per heavy atom. The largest absolute Gasteiger partial charge is 0.544 e.